The molecule has 1 unspecified atom stereocenters. The van der Waals surface area contributed by atoms with E-state index >= 15 is 0 Å². The highest BCUT2D eigenvalue weighted by Crippen LogP contribution is 2.18. The molecule has 1 amide bonds. The highest BCUT2D eigenvalue weighted by atomic mass is 35.5. The number of rotatable bonds is 4. The Morgan fingerprint density at radius 1 is 1.44 bits per heavy atom. The number of benzene rings is 1. The van der Waals surface area contributed by atoms with Gasteiger partial charge in [0, 0.05) is 23.0 Å². The lowest BCUT2D eigenvalue weighted by Gasteiger charge is -2.10. The van der Waals surface area contributed by atoms with Crippen molar-refractivity contribution < 1.29 is 4.79 Å². The molecule has 3 nitrogen and oxygen atoms in total. The highest BCUT2D eigenvalue weighted by molar-refractivity contribution is 7.98. The van der Waals surface area contributed by atoms with Gasteiger partial charge in [-0.1, -0.05) is 0 Å². The van der Waals surface area contributed by atoms with Gasteiger partial charge in [0.15, 0.2) is 0 Å². The Kier molecular flexibility index (Phi) is 6.54. The fourth-order valence-electron chi connectivity index (χ4n) is 2.04. The lowest BCUT2D eigenvalue weighted by atomic mass is 10.1. The molecule has 18 heavy (non-hydrogen) atoms. The number of hydrogen-bond acceptors (Lipinski definition) is 3. The van der Waals surface area contributed by atoms with Crippen LogP contribution in [0, 0.1) is 0 Å². The van der Waals surface area contributed by atoms with Crippen LogP contribution in [0.15, 0.2) is 29.2 Å². The molecule has 1 saturated heterocycles. The number of nitrogens with one attached hydrogen (secondary N) is 2. The Hall–Kier alpha value is -0.710. The van der Waals surface area contributed by atoms with E-state index in [1.165, 1.54) is 11.3 Å². The summed E-state index contributed by atoms with van der Waals surface area (Å²) >= 11 is 1.70. The number of carbonyl (C=O) groups excluding carboxylic acids is 1. The van der Waals surface area contributed by atoms with Crippen molar-refractivity contribution in [3.05, 3.63) is 24.3 Å². The standard InChI is InChI=1S/C13H18N2OS.ClH/c1-17-12-6-4-10(5-7-12)15-13(16)9-11-3-2-8-14-11;/h4-7,11,14H,2-3,8-9H2,1H3,(H,15,16);1H. The van der Waals surface area contributed by atoms with Gasteiger partial charge >= 0.3 is 0 Å². The van der Waals surface area contributed by atoms with Gasteiger partial charge in [0.1, 0.15) is 0 Å². The van der Waals surface area contributed by atoms with Gasteiger partial charge in [0.05, 0.1) is 0 Å². The summed E-state index contributed by atoms with van der Waals surface area (Å²) in [5.74, 6) is 0.0984. The zero-order valence-electron chi connectivity index (χ0n) is 10.4. The molecule has 1 aliphatic heterocycles. The Morgan fingerprint density at radius 3 is 2.72 bits per heavy atom. The first kappa shape index (κ1) is 15.3. The molecule has 1 heterocycles. The summed E-state index contributed by atoms with van der Waals surface area (Å²) in [5.41, 5.74) is 0.880. The van der Waals surface area contributed by atoms with Gasteiger partial charge in [-0.15, -0.1) is 24.2 Å². The van der Waals surface area contributed by atoms with Gasteiger partial charge in [-0.05, 0) is 49.9 Å². The largest absolute Gasteiger partial charge is 0.326 e. The van der Waals surface area contributed by atoms with Crippen molar-refractivity contribution in [2.24, 2.45) is 0 Å². The van der Waals surface area contributed by atoms with Crippen molar-refractivity contribution in [2.75, 3.05) is 18.1 Å². The first-order chi connectivity index (χ1) is 8.28. The van der Waals surface area contributed by atoms with Gasteiger partial charge in [0.2, 0.25) is 5.91 Å². The summed E-state index contributed by atoms with van der Waals surface area (Å²) < 4.78 is 0. The number of thioether (sulfide) groups is 1. The van der Waals surface area contributed by atoms with Gasteiger partial charge in [-0.2, -0.15) is 0 Å². The quantitative estimate of drug-likeness (QED) is 0.836. The SMILES string of the molecule is CSc1ccc(NC(=O)CC2CCCN2)cc1.Cl. The predicted molar refractivity (Wildman–Crippen MR) is 79.7 cm³/mol. The molecule has 0 spiro atoms. The average molecular weight is 287 g/mol. The smallest absolute Gasteiger partial charge is 0.225 e. The number of carbonyl (C=O) groups is 1. The molecule has 0 radical (unpaired) electrons. The monoisotopic (exact) mass is 286 g/mol. The second-order valence-corrected chi connectivity index (χ2v) is 5.15. The van der Waals surface area contributed by atoms with Crippen LogP contribution >= 0.6 is 24.2 Å². The maximum absolute atomic E-state index is 11.8. The van der Waals surface area contributed by atoms with Gasteiger partial charge in [-0.25, -0.2) is 0 Å². The number of anilines is 1. The summed E-state index contributed by atoms with van der Waals surface area (Å²) in [6.07, 6.45) is 4.91. The van der Waals surface area contributed by atoms with Crippen LogP contribution < -0.4 is 10.6 Å². The number of halogens is 1. The van der Waals surface area contributed by atoms with Crippen molar-refractivity contribution in [3.63, 3.8) is 0 Å². The molecule has 0 aromatic heterocycles. The topological polar surface area (TPSA) is 41.1 Å². The molecule has 100 valence electrons. The van der Waals surface area contributed by atoms with Crippen LogP contribution in [0.3, 0.4) is 0 Å². The summed E-state index contributed by atoms with van der Waals surface area (Å²) in [4.78, 5) is 13.0. The third kappa shape index (κ3) is 4.52. The van der Waals surface area contributed by atoms with Crippen LogP contribution in [0.1, 0.15) is 19.3 Å². The molecule has 5 heteroatoms. The molecule has 0 aliphatic carbocycles. The van der Waals surface area contributed by atoms with E-state index in [-0.39, 0.29) is 18.3 Å². The Bertz CT molecular complexity index is 377. The minimum absolute atomic E-state index is 0. The fraction of sp³-hybridized carbons (Fsp3) is 0.462. The van der Waals surface area contributed by atoms with Crippen molar-refractivity contribution in [1.82, 2.24) is 5.32 Å². The fourth-order valence-corrected chi connectivity index (χ4v) is 2.45. The number of amides is 1. The first-order valence-electron chi connectivity index (χ1n) is 5.95. The van der Waals surface area contributed by atoms with Crippen LogP contribution in [0.5, 0.6) is 0 Å². The number of hydrogen-bond donors (Lipinski definition) is 2. The molecular formula is C13H19ClN2OS. The average Bonchev–Trinajstić information content (AvgIpc) is 2.82. The maximum Gasteiger partial charge on any atom is 0.225 e. The van der Waals surface area contributed by atoms with Gasteiger partial charge < -0.3 is 10.6 Å². The molecule has 1 fully saturated rings. The Balaban J connectivity index is 0.00000162. The van der Waals surface area contributed by atoms with Crippen molar-refractivity contribution in [3.8, 4) is 0 Å². The second kappa shape index (κ2) is 7.67. The lowest BCUT2D eigenvalue weighted by molar-refractivity contribution is -0.116. The van der Waals surface area contributed by atoms with Crippen LogP contribution in [-0.2, 0) is 4.79 Å². The van der Waals surface area contributed by atoms with E-state index in [2.05, 4.69) is 10.6 Å². The molecule has 1 aliphatic rings. The highest BCUT2D eigenvalue weighted by Gasteiger charge is 2.17. The zero-order chi connectivity index (χ0) is 12.1. The van der Waals surface area contributed by atoms with Crippen molar-refractivity contribution in [2.45, 2.75) is 30.2 Å². The van der Waals surface area contributed by atoms with Crippen molar-refractivity contribution >= 4 is 35.8 Å². The van der Waals surface area contributed by atoms with Gasteiger partial charge in [-0.3, -0.25) is 4.79 Å². The minimum atomic E-state index is 0. The van der Waals surface area contributed by atoms with E-state index in [9.17, 15) is 4.79 Å². The van der Waals surface area contributed by atoms with E-state index in [1.54, 1.807) is 11.8 Å². The summed E-state index contributed by atoms with van der Waals surface area (Å²) in [6.45, 7) is 1.04. The Labute approximate surface area is 119 Å². The van der Waals surface area contributed by atoms with Crippen molar-refractivity contribution in [1.29, 1.82) is 0 Å². The molecule has 1 aromatic carbocycles. The van der Waals surface area contributed by atoms with Crippen LogP contribution in [0.25, 0.3) is 0 Å². The molecule has 0 bridgehead atoms. The molecular weight excluding hydrogens is 268 g/mol. The first-order valence-corrected chi connectivity index (χ1v) is 7.17. The van der Waals surface area contributed by atoms with E-state index in [0.29, 0.717) is 12.5 Å². The summed E-state index contributed by atoms with van der Waals surface area (Å²) in [6, 6.07) is 8.31. The third-order valence-corrected chi connectivity index (χ3v) is 3.71. The second-order valence-electron chi connectivity index (χ2n) is 4.27. The van der Waals surface area contributed by atoms with Gasteiger partial charge in [0.25, 0.3) is 0 Å². The molecule has 2 N–H and O–H groups in total. The van der Waals surface area contributed by atoms with E-state index in [1.807, 2.05) is 30.5 Å². The maximum atomic E-state index is 11.8. The van der Waals surface area contributed by atoms with Crippen LogP contribution in [0.4, 0.5) is 5.69 Å². The molecule has 2 rings (SSSR count). The predicted octanol–water partition coefficient (Wildman–Crippen LogP) is 2.91. The molecule has 1 atom stereocenters. The molecule has 1 aromatic rings. The van der Waals surface area contributed by atoms with E-state index in [4.69, 9.17) is 0 Å². The van der Waals surface area contributed by atoms with Crippen LogP contribution in [0.2, 0.25) is 0 Å². The van der Waals surface area contributed by atoms with E-state index < -0.39 is 0 Å². The minimum Gasteiger partial charge on any atom is -0.326 e. The van der Waals surface area contributed by atoms with Crippen LogP contribution in [-0.4, -0.2) is 24.7 Å². The lowest BCUT2D eigenvalue weighted by Crippen LogP contribution is -2.27. The summed E-state index contributed by atoms with van der Waals surface area (Å²) in [7, 11) is 0. The molecule has 0 saturated carbocycles. The summed E-state index contributed by atoms with van der Waals surface area (Å²) in [5, 5.41) is 6.26. The normalized spacial score (nSPS) is 18.2. The zero-order valence-corrected chi connectivity index (χ0v) is 12.1. The van der Waals surface area contributed by atoms with E-state index in [0.717, 1.165) is 18.7 Å². The third-order valence-electron chi connectivity index (χ3n) is 2.97. The Morgan fingerprint density at radius 2 is 2.17 bits per heavy atom.